The monoisotopic (exact) mass is 184 g/mol. The predicted octanol–water partition coefficient (Wildman–Crippen LogP) is 0.811. The molecule has 0 spiro atoms. The second-order valence-electron chi connectivity index (χ2n) is 2.81. The van der Waals surface area contributed by atoms with Gasteiger partial charge in [-0.05, 0) is 6.42 Å². The molecule has 0 saturated carbocycles. The van der Waals surface area contributed by atoms with Crippen LogP contribution in [0.1, 0.15) is 19.8 Å². The lowest BCUT2D eigenvalue weighted by Crippen LogP contribution is -2.26. The molecule has 4 heteroatoms. The van der Waals surface area contributed by atoms with Crippen molar-refractivity contribution in [1.29, 1.82) is 0 Å². The Bertz CT molecular complexity index is 232. The predicted molar refractivity (Wildman–Crippen MR) is 44.9 cm³/mol. The van der Waals surface area contributed by atoms with E-state index >= 15 is 0 Å². The number of cyclic esters (lactones) is 2. The average molecular weight is 184 g/mol. The zero-order valence-corrected chi connectivity index (χ0v) is 7.49. The van der Waals surface area contributed by atoms with Crippen molar-refractivity contribution in [2.45, 2.75) is 25.9 Å². The van der Waals surface area contributed by atoms with E-state index in [2.05, 4.69) is 0 Å². The molecule has 13 heavy (non-hydrogen) atoms. The number of ether oxygens (including phenoxy) is 2. The highest BCUT2D eigenvalue weighted by Crippen LogP contribution is 2.06. The molecule has 0 aromatic heterocycles. The smallest absolute Gasteiger partial charge is 0.331 e. The highest BCUT2D eigenvalue weighted by molar-refractivity contribution is 5.92. The van der Waals surface area contributed by atoms with E-state index in [9.17, 15) is 9.59 Å². The molecule has 4 nitrogen and oxygen atoms in total. The van der Waals surface area contributed by atoms with Crippen molar-refractivity contribution in [3.05, 3.63) is 12.2 Å². The second-order valence-corrected chi connectivity index (χ2v) is 2.81. The Kier molecular flexibility index (Phi) is 3.49. The average Bonchev–Trinajstić information content (AvgIpc) is 2.09. The molecule has 0 radical (unpaired) electrons. The number of carbonyl (C=O) groups is 2. The maximum atomic E-state index is 10.9. The molecule has 0 amide bonds. The Morgan fingerprint density at radius 3 is 2.77 bits per heavy atom. The topological polar surface area (TPSA) is 52.6 Å². The lowest BCUT2D eigenvalue weighted by atomic mass is 10.2. The fraction of sp³-hybridized carbons (Fsp3) is 0.556. The molecule has 1 atom stereocenters. The molecule has 1 unspecified atom stereocenters. The van der Waals surface area contributed by atoms with Crippen LogP contribution in [-0.2, 0) is 19.1 Å². The lowest BCUT2D eigenvalue weighted by Gasteiger charge is -2.17. The van der Waals surface area contributed by atoms with Gasteiger partial charge in [-0.3, -0.25) is 0 Å². The third-order valence-corrected chi connectivity index (χ3v) is 1.66. The first-order valence-corrected chi connectivity index (χ1v) is 4.28. The number of hydrogen-bond donors (Lipinski definition) is 0. The van der Waals surface area contributed by atoms with Crippen LogP contribution >= 0.6 is 0 Å². The molecule has 0 aromatic rings. The zero-order valence-electron chi connectivity index (χ0n) is 7.49. The maximum absolute atomic E-state index is 10.9. The van der Waals surface area contributed by atoms with E-state index in [0.29, 0.717) is 6.42 Å². The second kappa shape index (κ2) is 4.64. The summed E-state index contributed by atoms with van der Waals surface area (Å²) in [6.07, 6.45) is 3.46. The summed E-state index contributed by atoms with van der Waals surface area (Å²) in [5, 5.41) is 0. The molecule has 0 fully saturated rings. The van der Waals surface area contributed by atoms with E-state index in [1.165, 1.54) is 0 Å². The van der Waals surface area contributed by atoms with Gasteiger partial charge in [0.05, 0.1) is 0 Å². The van der Waals surface area contributed by atoms with Crippen LogP contribution < -0.4 is 0 Å². The summed E-state index contributed by atoms with van der Waals surface area (Å²) in [6.45, 7) is 2.13. The first-order chi connectivity index (χ1) is 6.22. The Hall–Kier alpha value is -1.32. The Morgan fingerprint density at radius 2 is 2.08 bits per heavy atom. The van der Waals surface area contributed by atoms with Crippen LogP contribution in [0.15, 0.2) is 12.2 Å². The first-order valence-electron chi connectivity index (χ1n) is 4.28. The normalized spacial score (nSPS) is 25.5. The van der Waals surface area contributed by atoms with Gasteiger partial charge in [-0.1, -0.05) is 13.3 Å². The molecule has 1 aliphatic rings. The van der Waals surface area contributed by atoms with Crippen LogP contribution in [0.3, 0.4) is 0 Å². The summed E-state index contributed by atoms with van der Waals surface area (Å²) < 4.78 is 9.77. The van der Waals surface area contributed by atoms with Crippen LogP contribution in [-0.4, -0.2) is 24.6 Å². The van der Waals surface area contributed by atoms with Gasteiger partial charge in [0, 0.05) is 12.2 Å². The Labute approximate surface area is 76.5 Å². The highest BCUT2D eigenvalue weighted by Gasteiger charge is 2.16. The van der Waals surface area contributed by atoms with E-state index in [0.717, 1.165) is 18.6 Å². The summed E-state index contributed by atoms with van der Waals surface area (Å²) in [7, 11) is 0. The van der Waals surface area contributed by atoms with Gasteiger partial charge in [-0.25, -0.2) is 9.59 Å². The summed E-state index contributed by atoms with van der Waals surface area (Å²) in [6, 6.07) is 0. The molecular weight excluding hydrogens is 172 g/mol. The summed E-state index contributed by atoms with van der Waals surface area (Å²) in [5.74, 6) is -0.965. The van der Waals surface area contributed by atoms with Crippen LogP contribution in [0.4, 0.5) is 0 Å². The van der Waals surface area contributed by atoms with Crippen molar-refractivity contribution in [1.82, 2.24) is 0 Å². The van der Waals surface area contributed by atoms with Crippen molar-refractivity contribution >= 4 is 11.9 Å². The van der Waals surface area contributed by atoms with E-state index in [-0.39, 0.29) is 12.7 Å². The van der Waals surface area contributed by atoms with Crippen molar-refractivity contribution in [2.75, 3.05) is 6.61 Å². The summed E-state index contributed by atoms with van der Waals surface area (Å²) in [4.78, 5) is 21.8. The maximum Gasteiger partial charge on any atom is 0.331 e. The lowest BCUT2D eigenvalue weighted by molar-refractivity contribution is -0.155. The minimum atomic E-state index is -0.488. The van der Waals surface area contributed by atoms with Crippen molar-refractivity contribution in [3.8, 4) is 0 Å². The van der Waals surface area contributed by atoms with Crippen LogP contribution in [0.25, 0.3) is 0 Å². The molecule has 0 saturated heterocycles. The minimum absolute atomic E-state index is 0.156. The SMILES string of the molecule is CCCC1COC(=O)/C=C\C(=O)O1. The van der Waals surface area contributed by atoms with Crippen LogP contribution in [0.2, 0.25) is 0 Å². The van der Waals surface area contributed by atoms with E-state index in [1.54, 1.807) is 0 Å². The van der Waals surface area contributed by atoms with E-state index in [1.807, 2.05) is 6.92 Å². The summed E-state index contributed by atoms with van der Waals surface area (Å²) >= 11 is 0. The number of hydrogen-bond acceptors (Lipinski definition) is 4. The van der Waals surface area contributed by atoms with E-state index in [4.69, 9.17) is 9.47 Å². The fourth-order valence-corrected chi connectivity index (χ4v) is 1.06. The van der Waals surface area contributed by atoms with Crippen molar-refractivity contribution in [2.24, 2.45) is 0 Å². The minimum Gasteiger partial charge on any atom is -0.459 e. The number of carbonyl (C=O) groups excluding carboxylic acids is 2. The van der Waals surface area contributed by atoms with Gasteiger partial charge in [-0.15, -0.1) is 0 Å². The highest BCUT2D eigenvalue weighted by atomic mass is 16.6. The zero-order chi connectivity index (χ0) is 9.68. The molecule has 0 N–H and O–H groups in total. The molecule has 0 aliphatic carbocycles. The molecule has 1 heterocycles. The van der Waals surface area contributed by atoms with Gasteiger partial charge in [0.25, 0.3) is 0 Å². The first kappa shape index (κ1) is 9.77. The quantitative estimate of drug-likeness (QED) is 0.596. The van der Waals surface area contributed by atoms with Crippen molar-refractivity contribution < 1.29 is 19.1 Å². The standard InChI is InChI=1S/C9H12O4/c1-2-3-7-6-12-8(10)4-5-9(11)13-7/h4-5,7H,2-3,6H2,1H3/b5-4-. The van der Waals surface area contributed by atoms with Gasteiger partial charge < -0.3 is 9.47 Å². The largest absolute Gasteiger partial charge is 0.459 e. The van der Waals surface area contributed by atoms with Gasteiger partial charge in [-0.2, -0.15) is 0 Å². The third kappa shape index (κ3) is 3.27. The van der Waals surface area contributed by atoms with E-state index < -0.39 is 11.9 Å². The third-order valence-electron chi connectivity index (χ3n) is 1.66. The molecular formula is C9H12O4. The van der Waals surface area contributed by atoms with Gasteiger partial charge in [0.1, 0.15) is 12.7 Å². The van der Waals surface area contributed by atoms with Crippen LogP contribution in [0.5, 0.6) is 0 Å². The Morgan fingerprint density at radius 1 is 1.38 bits per heavy atom. The molecule has 1 aliphatic heterocycles. The van der Waals surface area contributed by atoms with Gasteiger partial charge >= 0.3 is 11.9 Å². The van der Waals surface area contributed by atoms with Gasteiger partial charge in [0.15, 0.2) is 0 Å². The van der Waals surface area contributed by atoms with Crippen LogP contribution in [0, 0.1) is 0 Å². The molecule has 1 rings (SSSR count). The fourth-order valence-electron chi connectivity index (χ4n) is 1.06. The number of esters is 2. The Balaban J connectivity index is 2.57. The molecule has 72 valence electrons. The molecule has 0 aromatic carbocycles. The van der Waals surface area contributed by atoms with Crippen molar-refractivity contribution in [3.63, 3.8) is 0 Å². The number of rotatable bonds is 2. The summed E-state index contributed by atoms with van der Waals surface area (Å²) in [5.41, 5.74) is 0. The van der Waals surface area contributed by atoms with Gasteiger partial charge in [0.2, 0.25) is 0 Å². The molecule has 0 bridgehead atoms.